The smallest absolute Gasteiger partial charge is 0.321 e. The van der Waals surface area contributed by atoms with Crippen LogP contribution in [0.4, 0.5) is 0 Å². The second-order valence-electron chi connectivity index (χ2n) is 4.75. The Bertz CT molecular complexity index is 398. The first-order valence-electron chi connectivity index (χ1n) is 6.39. The summed E-state index contributed by atoms with van der Waals surface area (Å²) in [5.74, 6) is -1.19. The minimum atomic E-state index is -3.76. The second-order valence-corrected chi connectivity index (χ2v) is 6.41. The van der Waals surface area contributed by atoms with Gasteiger partial charge in [0.25, 0.3) is 10.2 Å². The predicted molar refractivity (Wildman–Crippen MR) is 70.0 cm³/mol. The lowest BCUT2D eigenvalue weighted by atomic mass is 10.1. The summed E-state index contributed by atoms with van der Waals surface area (Å²) in [7, 11) is -2.32. The summed E-state index contributed by atoms with van der Waals surface area (Å²) in [4.78, 5) is 11.0. The quantitative estimate of drug-likeness (QED) is 0.698. The largest absolute Gasteiger partial charge is 0.480 e. The van der Waals surface area contributed by atoms with Crippen molar-refractivity contribution < 1.29 is 23.1 Å². The molecule has 1 aliphatic heterocycles. The highest BCUT2D eigenvalue weighted by Crippen LogP contribution is 2.19. The molecule has 2 unspecified atom stereocenters. The van der Waals surface area contributed by atoms with Gasteiger partial charge in [0.2, 0.25) is 0 Å². The number of piperidine rings is 1. The van der Waals surface area contributed by atoms with Crippen LogP contribution >= 0.6 is 0 Å². The first-order valence-corrected chi connectivity index (χ1v) is 7.83. The van der Waals surface area contributed by atoms with Gasteiger partial charge in [-0.25, -0.2) is 0 Å². The lowest BCUT2D eigenvalue weighted by Crippen LogP contribution is -2.52. The summed E-state index contributed by atoms with van der Waals surface area (Å²) < 4.78 is 32.8. The number of aliphatic carboxylic acids is 1. The van der Waals surface area contributed by atoms with Crippen molar-refractivity contribution in [3.8, 4) is 0 Å². The third-order valence-corrected chi connectivity index (χ3v) is 4.99. The highest BCUT2D eigenvalue weighted by molar-refractivity contribution is 7.87. The first-order chi connectivity index (χ1) is 8.88. The van der Waals surface area contributed by atoms with Gasteiger partial charge in [-0.2, -0.15) is 17.4 Å². The third kappa shape index (κ3) is 4.72. The van der Waals surface area contributed by atoms with E-state index < -0.39 is 22.2 Å². The number of hydrogen-bond acceptors (Lipinski definition) is 4. The molecular formula is C11H22N2O5S. The zero-order chi connectivity index (χ0) is 14.5. The van der Waals surface area contributed by atoms with Crippen LogP contribution in [0.25, 0.3) is 0 Å². The Morgan fingerprint density at radius 3 is 2.74 bits per heavy atom. The number of carboxylic acids is 1. The lowest BCUT2D eigenvalue weighted by Gasteiger charge is -2.33. The van der Waals surface area contributed by atoms with Gasteiger partial charge in [-0.15, -0.1) is 0 Å². The van der Waals surface area contributed by atoms with E-state index >= 15 is 0 Å². The summed E-state index contributed by atoms with van der Waals surface area (Å²) in [6.45, 7) is 2.46. The summed E-state index contributed by atoms with van der Waals surface area (Å²) in [6, 6.07) is -1.25. The topological polar surface area (TPSA) is 95.9 Å². The molecule has 0 aromatic carbocycles. The minimum Gasteiger partial charge on any atom is -0.480 e. The molecule has 0 aliphatic carbocycles. The SMILES string of the molecule is COCCC(NS(=O)(=O)N1CCCCC1C)C(=O)O. The van der Waals surface area contributed by atoms with E-state index in [1.165, 1.54) is 11.4 Å². The molecular weight excluding hydrogens is 272 g/mol. The Morgan fingerprint density at radius 2 is 2.21 bits per heavy atom. The van der Waals surface area contributed by atoms with Crippen LogP contribution in [0.2, 0.25) is 0 Å². The van der Waals surface area contributed by atoms with Gasteiger partial charge >= 0.3 is 5.97 Å². The van der Waals surface area contributed by atoms with Gasteiger partial charge in [-0.05, 0) is 26.2 Å². The number of nitrogens with zero attached hydrogens (tertiary/aromatic N) is 1. The first kappa shape index (κ1) is 16.4. The third-order valence-electron chi connectivity index (χ3n) is 3.25. The molecule has 1 fully saturated rings. The summed E-state index contributed by atoms with van der Waals surface area (Å²) >= 11 is 0. The average molecular weight is 294 g/mol. The van der Waals surface area contributed by atoms with E-state index in [9.17, 15) is 13.2 Å². The van der Waals surface area contributed by atoms with E-state index in [4.69, 9.17) is 9.84 Å². The molecule has 0 aromatic rings. The summed E-state index contributed by atoms with van der Waals surface area (Å²) in [6.07, 6.45) is 2.71. The van der Waals surface area contributed by atoms with Crippen LogP contribution in [0, 0.1) is 0 Å². The van der Waals surface area contributed by atoms with E-state index in [0.29, 0.717) is 6.54 Å². The molecule has 0 aromatic heterocycles. The molecule has 2 atom stereocenters. The maximum Gasteiger partial charge on any atom is 0.321 e. The predicted octanol–water partition coefficient (Wildman–Crippen LogP) is 0.185. The van der Waals surface area contributed by atoms with Crippen molar-refractivity contribution in [1.29, 1.82) is 0 Å². The fraction of sp³-hybridized carbons (Fsp3) is 0.909. The molecule has 112 valence electrons. The molecule has 19 heavy (non-hydrogen) atoms. The van der Waals surface area contributed by atoms with Crippen LogP contribution in [0.1, 0.15) is 32.6 Å². The van der Waals surface area contributed by atoms with Crippen molar-refractivity contribution in [2.45, 2.75) is 44.7 Å². The summed E-state index contributed by atoms with van der Waals surface area (Å²) in [5.41, 5.74) is 0. The van der Waals surface area contributed by atoms with E-state index in [1.807, 2.05) is 6.92 Å². The molecule has 2 N–H and O–H groups in total. The van der Waals surface area contributed by atoms with Crippen LogP contribution in [0.15, 0.2) is 0 Å². The van der Waals surface area contributed by atoms with E-state index in [2.05, 4.69) is 4.72 Å². The highest BCUT2D eigenvalue weighted by Gasteiger charge is 2.33. The monoisotopic (exact) mass is 294 g/mol. The normalized spacial score (nSPS) is 23.2. The van der Waals surface area contributed by atoms with Crippen molar-refractivity contribution in [1.82, 2.24) is 9.03 Å². The van der Waals surface area contributed by atoms with Gasteiger partial charge in [0.1, 0.15) is 6.04 Å². The molecule has 7 nitrogen and oxygen atoms in total. The zero-order valence-corrected chi connectivity index (χ0v) is 12.1. The fourth-order valence-electron chi connectivity index (χ4n) is 2.14. The molecule has 1 heterocycles. The number of hydrogen-bond donors (Lipinski definition) is 2. The molecule has 0 amide bonds. The van der Waals surface area contributed by atoms with Gasteiger partial charge in [0, 0.05) is 26.3 Å². The Morgan fingerprint density at radius 1 is 1.53 bits per heavy atom. The summed E-state index contributed by atoms with van der Waals surface area (Å²) in [5, 5.41) is 9.03. The van der Waals surface area contributed by atoms with Gasteiger partial charge in [0.05, 0.1) is 0 Å². The van der Waals surface area contributed by atoms with Crippen LogP contribution in [0.5, 0.6) is 0 Å². The Labute approximate surface area is 114 Å². The molecule has 8 heteroatoms. The molecule has 0 bridgehead atoms. The number of ether oxygens (including phenoxy) is 1. The van der Waals surface area contributed by atoms with Gasteiger partial charge in [-0.1, -0.05) is 6.42 Å². The number of methoxy groups -OCH3 is 1. The molecule has 0 radical (unpaired) electrons. The van der Waals surface area contributed by atoms with Crippen molar-refractivity contribution in [3.63, 3.8) is 0 Å². The fourth-order valence-corrected chi connectivity index (χ4v) is 3.81. The maximum absolute atomic E-state index is 12.2. The van der Waals surface area contributed by atoms with Crippen molar-refractivity contribution in [3.05, 3.63) is 0 Å². The van der Waals surface area contributed by atoms with Gasteiger partial charge < -0.3 is 9.84 Å². The Kier molecular flexibility index (Phi) is 6.18. The van der Waals surface area contributed by atoms with Gasteiger partial charge in [-0.3, -0.25) is 4.79 Å². The standard InChI is InChI=1S/C11H22N2O5S/c1-9-5-3-4-7-13(9)19(16,17)12-10(11(14)15)6-8-18-2/h9-10,12H,3-8H2,1-2H3,(H,14,15). The average Bonchev–Trinajstić information content (AvgIpc) is 2.34. The van der Waals surface area contributed by atoms with Crippen LogP contribution < -0.4 is 4.72 Å². The van der Waals surface area contributed by atoms with Crippen LogP contribution in [0.3, 0.4) is 0 Å². The van der Waals surface area contributed by atoms with Crippen molar-refractivity contribution in [2.24, 2.45) is 0 Å². The van der Waals surface area contributed by atoms with E-state index in [0.717, 1.165) is 19.3 Å². The Balaban J connectivity index is 2.72. The van der Waals surface area contributed by atoms with Crippen molar-refractivity contribution in [2.75, 3.05) is 20.3 Å². The lowest BCUT2D eigenvalue weighted by molar-refractivity contribution is -0.139. The van der Waals surface area contributed by atoms with Crippen LogP contribution in [-0.4, -0.2) is 56.1 Å². The molecule has 1 saturated heterocycles. The number of carbonyl (C=O) groups is 1. The Hall–Kier alpha value is -0.700. The zero-order valence-electron chi connectivity index (χ0n) is 11.3. The minimum absolute atomic E-state index is 0.0943. The van der Waals surface area contributed by atoms with Gasteiger partial charge in [0.15, 0.2) is 0 Å². The number of nitrogens with one attached hydrogen (secondary N) is 1. The molecule has 0 spiro atoms. The maximum atomic E-state index is 12.2. The number of rotatable bonds is 7. The van der Waals surface area contributed by atoms with Crippen molar-refractivity contribution >= 4 is 16.2 Å². The molecule has 0 saturated carbocycles. The number of carboxylic acid groups (broad SMARTS) is 1. The van der Waals surface area contributed by atoms with E-state index in [-0.39, 0.29) is 19.1 Å². The van der Waals surface area contributed by atoms with E-state index in [1.54, 1.807) is 0 Å². The second kappa shape index (κ2) is 7.18. The molecule has 1 rings (SSSR count). The molecule has 1 aliphatic rings. The highest BCUT2D eigenvalue weighted by atomic mass is 32.2. The van der Waals surface area contributed by atoms with Crippen LogP contribution in [-0.2, 0) is 19.7 Å².